The van der Waals surface area contributed by atoms with Gasteiger partial charge in [0.05, 0.1) is 13.5 Å². The number of ether oxygens (including phenoxy) is 1. The molecule has 0 bridgehead atoms. The normalized spacial score (nSPS) is 11.2. The average Bonchev–Trinajstić information content (AvgIpc) is 2.16. The van der Waals surface area contributed by atoms with E-state index in [1.54, 1.807) is 25.3 Å². The molecule has 0 fully saturated rings. The van der Waals surface area contributed by atoms with Crippen molar-refractivity contribution in [3.8, 4) is 5.75 Å². The van der Waals surface area contributed by atoms with Gasteiger partial charge in [-0.25, -0.2) is 0 Å². The molecule has 3 N–H and O–H groups in total. The van der Waals surface area contributed by atoms with Crippen LogP contribution in [0.15, 0.2) is 18.2 Å². The van der Waals surface area contributed by atoms with E-state index in [1.165, 1.54) is 0 Å². The van der Waals surface area contributed by atoms with Gasteiger partial charge in [0, 0.05) is 11.1 Å². The number of hydrogen-bond acceptors (Lipinski definition) is 3. The van der Waals surface area contributed by atoms with Crippen LogP contribution in [0.4, 0.5) is 5.69 Å². The fourth-order valence-electron chi connectivity index (χ4n) is 1.72. The van der Waals surface area contributed by atoms with Crippen molar-refractivity contribution in [3.05, 3.63) is 23.8 Å². The zero-order valence-electron chi connectivity index (χ0n) is 9.78. The van der Waals surface area contributed by atoms with Gasteiger partial charge in [0.2, 0.25) is 0 Å². The van der Waals surface area contributed by atoms with Crippen LogP contribution >= 0.6 is 0 Å². The van der Waals surface area contributed by atoms with Crippen LogP contribution in [-0.4, -0.2) is 18.2 Å². The maximum atomic E-state index is 10.8. The Labute approximate surface area is 95.0 Å². The first-order valence-electron chi connectivity index (χ1n) is 5.02. The van der Waals surface area contributed by atoms with Gasteiger partial charge in [-0.2, -0.15) is 0 Å². The van der Waals surface area contributed by atoms with Crippen LogP contribution in [-0.2, 0) is 10.2 Å². The summed E-state index contributed by atoms with van der Waals surface area (Å²) in [7, 11) is 1.57. The van der Waals surface area contributed by atoms with E-state index in [1.807, 2.05) is 13.8 Å². The fourth-order valence-corrected chi connectivity index (χ4v) is 1.72. The monoisotopic (exact) mass is 223 g/mol. The molecule has 0 amide bonds. The standard InChI is InChI=1S/C12H17NO3/c1-12(2,7-11(14)15)9-6-8(16-3)4-5-10(9)13/h4-6H,7,13H2,1-3H3,(H,14,15). The van der Waals surface area contributed by atoms with Crippen molar-refractivity contribution in [2.75, 3.05) is 12.8 Å². The number of carboxylic acid groups (broad SMARTS) is 1. The predicted molar refractivity (Wildman–Crippen MR) is 62.7 cm³/mol. The Morgan fingerprint density at radius 2 is 2.12 bits per heavy atom. The number of hydrogen-bond donors (Lipinski definition) is 2. The first kappa shape index (κ1) is 12.4. The minimum absolute atomic E-state index is 0.0321. The molecular weight excluding hydrogens is 206 g/mol. The number of carboxylic acids is 1. The lowest BCUT2D eigenvalue weighted by Crippen LogP contribution is -2.23. The topological polar surface area (TPSA) is 72.5 Å². The lowest BCUT2D eigenvalue weighted by atomic mass is 9.80. The van der Waals surface area contributed by atoms with E-state index < -0.39 is 11.4 Å². The van der Waals surface area contributed by atoms with Crippen molar-refractivity contribution in [1.29, 1.82) is 0 Å². The van der Waals surface area contributed by atoms with Gasteiger partial charge < -0.3 is 15.6 Å². The van der Waals surface area contributed by atoms with Crippen molar-refractivity contribution in [1.82, 2.24) is 0 Å². The fraction of sp³-hybridized carbons (Fsp3) is 0.417. The summed E-state index contributed by atoms with van der Waals surface area (Å²) >= 11 is 0. The van der Waals surface area contributed by atoms with E-state index >= 15 is 0 Å². The van der Waals surface area contributed by atoms with Crippen molar-refractivity contribution >= 4 is 11.7 Å². The second-order valence-electron chi connectivity index (χ2n) is 4.41. The van der Waals surface area contributed by atoms with E-state index in [0.717, 1.165) is 5.56 Å². The molecular formula is C12H17NO3. The molecule has 0 saturated carbocycles. The number of rotatable bonds is 4. The zero-order chi connectivity index (χ0) is 12.3. The summed E-state index contributed by atoms with van der Waals surface area (Å²) < 4.78 is 5.11. The first-order valence-corrected chi connectivity index (χ1v) is 5.02. The minimum atomic E-state index is -0.841. The lowest BCUT2D eigenvalue weighted by molar-refractivity contribution is -0.138. The molecule has 1 aromatic carbocycles. The number of nitrogens with two attached hydrogens (primary N) is 1. The molecule has 4 heteroatoms. The Hall–Kier alpha value is -1.71. The van der Waals surface area contributed by atoms with Crippen molar-refractivity contribution in [3.63, 3.8) is 0 Å². The Morgan fingerprint density at radius 1 is 1.50 bits per heavy atom. The molecule has 0 atom stereocenters. The predicted octanol–water partition coefficient (Wildman–Crippen LogP) is 2.03. The third kappa shape index (κ3) is 2.66. The van der Waals surface area contributed by atoms with E-state index in [4.69, 9.17) is 15.6 Å². The van der Waals surface area contributed by atoms with Gasteiger partial charge in [-0.15, -0.1) is 0 Å². The summed E-state index contributed by atoms with van der Waals surface area (Å²) in [5.41, 5.74) is 6.74. The van der Waals surface area contributed by atoms with E-state index in [2.05, 4.69) is 0 Å². The molecule has 1 aromatic rings. The number of benzene rings is 1. The highest BCUT2D eigenvalue weighted by Crippen LogP contribution is 2.33. The van der Waals surface area contributed by atoms with Gasteiger partial charge in [0.1, 0.15) is 5.75 Å². The summed E-state index contributed by atoms with van der Waals surface area (Å²) in [6, 6.07) is 5.28. The summed E-state index contributed by atoms with van der Waals surface area (Å²) in [4.78, 5) is 10.8. The Kier molecular flexibility index (Phi) is 3.42. The van der Waals surface area contributed by atoms with Crippen LogP contribution in [0.25, 0.3) is 0 Å². The van der Waals surface area contributed by atoms with E-state index in [9.17, 15) is 4.79 Å². The molecule has 0 aliphatic heterocycles. The van der Waals surface area contributed by atoms with E-state index in [-0.39, 0.29) is 6.42 Å². The largest absolute Gasteiger partial charge is 0.497 e. The molecule has 0 radical (unpaired) electrons. The summed E-state index contributed by atoms with van der Waals surface area (Å²) in [5.74, 6) is -0.158. The first-order chi connectivity index (χ1) is 7.36. The summed E-state index contributed by atoms with van der Waals surface area (Å²) in [5, 5.41) is 8.86. The minimum Gasteiger partial charge on any atom is -0.497 e. The molecule has 0 aliphatic rings. The number of carbonyl (C=O) groups is 1. The van der Waals surface area contributed by atoms with E-state index in [0.29, 0.717) is 11.4 Å². The highest BCUT2D eigenvalue weighted by molar-refractivity contribution is 5.70. The van der Waals surface area contributed by atoms with Gasteiger partial charge in [-0.05, 0) is 23.8 Å². The van der Waals surface area contributed by atoms with Gasteiger partial charge in [-0.1, -0.05) is 13.8 Å². The molecule has 0 unspecified atom stereocenters. The molecule has 88 valence electrons. The Morgan fingerprint density at radius 3 is 2.62 bits per heavy atom. The SMILES string of the molecule is COc1ccc(N)c(C(C)(C)CC(=O)O)c1. The number of methoxy groups -OCH3 is 1. The van der Waals surface area contributed by atoms with Crippen LogP contribution in [0.3, 0.4) is 0 Å². The van der Waals surface area contributed by atoms with Gasteiger partial charge in [-0.3, -0.25) is 4.79 Å². The summed E-state index contributed by atoms with van der Waals surface area (Å²) in [6.45, 7) is 3.71. The third-order valence-corrected chi connectivity index (χ3v) is 2.58. The van der Waals surface area contributed by atoms with Crippen LogP contribution in [0.2, 0.25) is 0 Å². The molecule has 4 nitrogen and oxygen atoms in total. The van der Waals surface area contributed by atoms with Gasteiger partial charge in [0.25, 0.3) is 0 Å². The molecule has 1 rings (SSSR count). The van der Waals surface area contributed by atoms with Crippen LogP contribution < -0.4 is 10.5 Å². The molecule has 0 spiro atoms. The van der Waals surface area contributed by atoms with Crippen LogP contribution in [0.1, 0.15) is 25.8 Å². The van der Waals surface area contributed by atoms with Crippen molar-refractivity contribution in [2.45, 2.75) is 25.7 Å². The van der Waals surface area contributed by atoms with Crippen LogP contribution in [0.5, 0.6) is 5.75 Å². The second kappa shape index (κ2) is 4.43. The molecule has 0 aliphatic carbocycles. The van der Waals surface area contributed by atoms with Crippen molar-refractivity contribution in [2.24, 2.45) is 0 Å². The lowest BCUT2D eigenvalue weighted by Gasteiger charge is -2.25. The molecule has 0 heterocycles. The number of nitrogen functional groups attached to an aromatic ring is 1. The maximum Gasteiger partial charge on any atom is 0.304 e. The van der Waals surface area contributed by atoms with Crippen molar-refractivity contribution < 1.29 is 14.6 Å². The number of aliphatic carboxylic acids is 1. The summed E-state index contributed by atoms with van der Waals surface area (Å²) in [6.07, 6.45) is 0.0321. The van der Waals surface area contributed by atoms with Gasteiger partial charge >= 0.3 is 5.97 Å². The van der Waals surface area contributed by atoms with Crippen LogP contribution in [0, 0.1) is 0 Å². The zero-order valence-corrected chi connectivity index (χ0v) is 9.78. The average molecular weight is 223 g/mol. The molecule has 16 heavy (non-hydrogen) atoms. The smallest absolute Gasteiger partial charge is 0.304 e. The van der Waals surface area contributed by atoms with Gasteiger partial charge in [0.15, 0.2) is 0 Å². The third-order valence-electron chi connectivity index (χ3n) is 2.58. The highest BCUT2D eigenvalue weighted by atomic mass is 16.5. The maximum absolute atomic E-state index is 10.8. The number of anilines is 1. The quantitative estimate of drug-likeness (QED) is 0.766. The molecule has 0 aromatic heterocycles. The highest BCUT2D eigenvalue weighted by Gasteiger charge is 2.26. The Bertz CT molecular complexity index is 399. The second-order valence-corrected chi connectivity index (χ2v) is 4.41. The molecule has 0 saturated heterocycles. The Balaban J connectivity index is 3.14.